The number of nitrogens with one attached hydrogen (secondary N) is 2. The number of likely N-dealkylation sites (tertiary alicyclic amines) is 1. The Morgan fingerprint density at radius 2 is 1.66 bits per heavy atom. The van der Waals surface area contributed by atoms with Crippen molar-refractivity contribution in [3.63, 3.8) is 0 Å². The molecule has 2 N–H and O–H groups in total. The van der Waals surface area contributed by atoms with Crippen LogP contribution in [0.5, 0.6) is 0 Å². The van der Waals surface area contributed by atoms with Crippen molar-refractivity contribution < 1.29 is 9.59 Å². The number of hydrogen-bond acceptors (Lipinski definition) is 4. The topological polar surface area (TPSA) is 77.6 Å². The molecule has 3 aromatic carbocycles. The lowest BCUT2D eigenvalue weighted by Crippen LogP contribution is -2.47. The van der Waals surface area contributed by atoms with Crippen LogP contribution in [0.25, 0.3) is 10.9 Å². The van der Waals surface area contributed by atoms with Gasteiger partial charge in [-0.1, -0.05) is 78.9 Å². The fraction of sp³-hybridized carbons (Fsp3) is 0.324. The molecule has 0 bridgehead atoms. The molecular weight excluding hydrogens is 510 g/mol. The Morgan fingerprint density at radius 1 is 0.951 bits per heavy atom. The van der Waals surface area contributed by atoms with Crippen LogP contribution in [0.2, 0.25) is 0 Å². The van der Waals surface area contributed by atoms with Crippen molar-refractivity contribution in [2.24, 2.45) is 5.92 Å². The van der Waals surface area contributed by atoms with Crippen LogP contribution in [0.15, 0.2) is 91.0 Å². The molecule has 1 unspecified atom stereocenters. The Hall–Kier alpha value is -4.23. The number of urea groups is 1. The first-order valence-electron chi connectivity index (χ1n) is 14.6. The molecule has 0 aliphatic carbocycles. The van der Waals surface area contributed by atoms with Gasteiger partial charge < -0.3 is 20.4 Å². The van der Waals surface area contributed by atoms with Gasteiger partial charge in [0.1, 0.15) is 0 Å². The predicted octanol–water partition coefficient (Wildman–Crippen LogP) is 5.65. The second-order valence-corrected chi connectivity index (χ2v) is 10.8. The zero-order chi connectivity index (χ0) is 28.4. The summed E-state index contributed by atoms with van der Waals surface area (Å²) in [4.78, 5) is 35.4. The maximum atomic E-state index is 13.8. The summed E-state index contributed by atoms with van der Waals surface area (Å²) in [5.74, 6) is 0.184. The first-order valence-corrected chi connectivity index (χ1v) is 14.6. The highest BCUT2D eigenvalue weighted by Crippen LogP contribution is 2.23. The molecule has 1 aromatic heterocycles. The number of piperidine rings is 1. The van der Waals surface area contributed by atoms with Gasteiger partial charge >= 0.3 is 6.03 Å². The van der Waals surface area contributed by atoms with Crippen LogP contribution in [0.1, 0.15) is 29.7 Å². The average Bonchev–Trinajstić information content (AvgIpc) is 3.00. The number of carbonyl (C=O) groups is 2. The molecule has 1 fully saturated rings. The number of para-hydroxylation sites is 1. The lowest BCUT2D eigenvalue weighted by Gasteiger charge is -2.35. The molecule has 5 rings (SSSR count). The molecule has 1 aliphatic rings. The molecule has 0 radical (unpaired) electrons. The maximum Gasteiger partial charge on any atom is 0.319 e. The number of hydrogen-bond donors (Lipinski definition) is 2. The SMILES string of the molecule is Cc1cc(NC(=O)NCCN2CCCC(C(=O)N(CCc3ccccc3)Cc3ccccc3)C2)c2ccccc2n1. The third-order valence-electron chi connectivity index (χ3n) is 7.70. The molecule has 2 heterocycles. The molecule has 7 heteroatoms. The smallest absolute Gasteiger partial charge is 0.319 e. The summed E-state index contributed by atoms with van der Waals surface area (Å²) in [6.07, 6.45) is 2.71. The van der Waals surface area contributed by atoms with Crippen LogP contribution < -0.4 is 10.6 Å². The summed E-state index contributed by atoms with van der Waals surface area (Å²) < 4.78 is 0. The molecule has 3 amide bonds. The minimum absolute atomic E-state index is 0.0387. The Balaban J connectivity index is 1.15. The highest BCUT2D eigenvalue weighted by atomic mass is 16.2. The van der Waals surface area contributed by atoms with Gasteiger partial charge in [0.2, 0.25) is 5.91 Å². The first-order chi connectivity index (χ1) is 20.0. The quantitative estimate of drug-likeness (QED) is 0.268. The largest absolute Gasteiger partial charge is 0.338 e. The van der Waals surface area contributed by atoms with E-state index in [0.29, 0.717) is 32.7 Å². The molecule has 7 nitrogen and oxygen atoms in total. The Kier molecular flexibility index (Phi) is 9.60. The standard InChI is InChI=1S/C34H39N5O2/c1-26-23-32(30-16-8-9-17-31(30)36-26)37-34(41)35-19-22-38-20-10-15-29(25-38)33(40)39(24-28-13-6-3-7-14-28)21-18-27-11-4-2-5-12-27/h2-9,11-14,16-17,23,29H,10,15,18-22,24-25H2,1H3,(H2,35,36,37,41). The summed E-state index contributed by atoms with van der Waals surface area (Å²) in [5.41, 5.74) is 4.85. The molecule has 1 saturated heterocycles. The number of pyridine rings is 1. The van der Waals surface area contributed by atoms with Crippen molar-refractivity contribution in [1.29, 1.82) is 0 Å². The van der Waals surface area contributed by atoms with E-state index in [0.717, 1.165) is 53.7 Å². The highest BCUT2D eigenvalue weighted by molar-refractivity contribution is 6.00. The summed E-state index contributed by atoms with van der Waals surface area (Å²) in [5, 5.41) is 6.89. The van der Waals surface area contributed by atoms with Gasteiger partial charge in [0.25, 0.3) is 0 Å². The average molecular weight is 550 g/mol. The van der Waals surface area contributed by atoms with Gasteiger partial charge in [0.05, 0.1) is 17.1 Å². The van der Waals surface area contributed by atoms with Gasteiger partial charge in [0, 0.05) is 43.8 Å². The summed E-state index contributed by atoms with van der Waals surface area (Å²) in [7, 11) is 0. The second kappa shape index (κ2) is 13.9. The number of carbonyl (C=O) groups excluding carboxylic acids is 2. The molecular formula is C34H39N5O2. The maximum absolute atomic E-state index is 13.8. The van der Waals surface area contributed by atoms with Gasteiger partial charge in [0.15, 0.2) is 0 Å². The predicted molar refractivity (Wildman–Crippen MR) is 165 cm³/mol. The van der Waals surface area contributed by atoms with Crippen LogP contribution in [0, 0.1) is 12.8 Å². The van der Waals surface area contributed by atoms with E-state index < -0.39 is 0 Å². The van der Waals surface area contributed by atoms with E-state index in [2.05, 4.69) is 44.8 Å². The van der Waals surface area contributed by atoms with E-state index in [9.17, 15) is 9.59 Å². The van der Waals surface area contributed by atoms with Gasteiger partial charge in [-0.05, 0) is 56.0 Å². The zero-order valence-electron chi connectivity index (χ0n) is 23.8. The normalized spacial score (nSPS) is 15.4. The monoisotopic (exact) mass is 549 g/mol. The number of amides is 3. The number of benzene rings is 3. The van der Waals surface area contributed by atoms with Crippen molar-refractivity contribution in [2.45, 2.75) is 32.7 Å². The van der Waals surface area contributed by atoms with Crippen LogP contribution in [0.4, 0.5) is 10.5 Å². The Morgan fingerprint density at radius 3 is 2.44 bits per heavy atom. The summed E-state index contributed by atoms with van der Waals surface area (Å²) >= 11 is 0. The van der Waals surface area contributed by atoms with Crippen molar-refractivity contribution >= 4 is 28.5 Å². The number of aryl methyl sites for hydroxylation is 1. The molecule has 1 aliphatic heterocycles. The molecule has 0 saturated carbocycles. The van der Waals surface area contributed by atoms with Crippen LogP contribution >= 0.6 is 0 Å². The molecule has 212 valence electrons. The number of nitrogens with zero attached hydrogens (tertiary/aromatic N) is 3. The molecule has 41 heavy (non-hydrogen) atoms. The first kappa shape index (κ1) is 28.3. The number of rotatable bonds is 10. The number of anilines is 1. The van der Waals surface area contributed by atoms with Gasteiger partial charge in [-0.15, -0.1) is 0 Å². The lowest BCUT2D eigenvalue weighted by molar-refractivity contribution is -0.138. The van der Waals surface area contributed by atoms with E-state index in [1.165, 1.54) is 5.56 Å². The molecule has 4 aromatic rings. The molecule has 1 atom stereocenters. The van der Waals surface area contributed by atoms with E-state index in [4.69, 9.17) is 0 Å². The summed E-state index contributed by atoms with van der Waals surface area (Å²) in [6.45, 7) is 6.10. The van der Waals surface area contributed by atoms with Crippen LogP contribution in [0.3, 0.4) is 0 Å². The van der Waals surface area contributed by atoms with Gasteiger partial charge in [-0.25, -0.2) is 4.79 Å². The van der Waals surface area contributed by atoms with E-state index >= 15 is 0 Å². The Labute approximate surface area is 242 Å². The fourth-order valence-electron chi connectivity index (χ4n) is 5.60. The van der Waals surface area contributed by atoms with Gasteiger partial charge in [-0.3, -0.25) is 9.78 Å². The lowest BCUT2D eigenvalue weighted by atomic mass is 9.96. The highest BCUT2D eigenvalue weighted by Gasteiger charge is 2.29. The minimum Gasteiger partial charge on any atom is -0.338 e. The van der Waals surface area contributed by atoms with Crippen molar-refractivity contribution in [3.05, 3.63) is 108 Å². The second-order valence-electron chi connectivity index (χ2n) is 10.8. The minimum atomic E-state index is -0.236. The third-order valence-corrected chi connectivity index (χ3v) is 7.70. The van der Waals surface area contributed by atoms with E-state index in [-0.39, 0.29) is 17.9 Å². The number of aromatic nitrogens is 1. The van der Waals surface area contributed by atoms with Gasteiger partial charge in [-0.2, -0.15) is 0 Å². The van der Waals surface area contributed by atoms with Crippen LogP contribution in [-0.2, 0) is 17.8 Å². The summed E-state index contributed by atoms with van der Waals surface area (Å²) in [6, 6.07) is 30.0. The van der Waals surface area contributed by atoms with E-state index in [1.807, 2.05) is 78.6 Å². The van der Waals surface area contributed by atoms with Crippen molar-refractivity contribution in [3.8, 4) is 0 Å². The van der Waals surface area contributed by atoms with Crippen LogP contribution in [-0.4, -0.2) is 59.4 Å². The fourth-order valence-corrected chi connectivity index (χ4v) is 5.60. The van der Waals surface area contributed by atoms with Crippen molar-refractivity contribution in [1.82, 2.24) is 20.1 Å². The zero-order valence-corrected chi connectivity index (χ0v) is 23.8. The van der Waals surface area contributed by atoms with Crippen molar-refractivity contribution in [2.75, 3.05) is 38.0 Å². The Bertz CT molecular complexity index is 1440. The number of fused-ring (bicyclic) bond motifs is 1. The third kappa shape index (κ3) is 7.92. The van der Waals surface area contributed by atoms with E-state index in [1.54, 1.807) is 0 Å². The molecule has 0 spiro atoms.